The molecule has 12 atom stereocenters. The summed E-state index contributed by atoms with van der Waals surface area (Å²) in [5.41, 5.74) is -1.35. The fourth-order valence-corrected chi connectivity index (χ4v) is 5.41. The molecule has 3 heterocycles. The lowest BCUT2D eigenvalue weighted by atomic mass is 9.98. The molecule has 0 radical (unpaired) electrons. The number of ether oxygens (including phenoxy) is 6. The highest BCUT2D eigenvalue weighted by Gasteiger charge is 2.45. The molecule has 16 nitrogen and oxygen atoms in total. The highest BCUT2D eigenvalue weighted by atomic mass is 16.7. The average molecular weight is 630 g/mol. The van der Waals surface area contributed by atoms with Gasteiger partial charge in [-0.1, -0.05) is 13.8 Å². The summed E-state index contributed by atoms with van der Waals surface area (Å²) in [4.78, 5) is 0. The molecule has 0 bridgehead atoms. The molecule has 0 aromatic rings. The van der Waals surface area contributed by atoms with E-state index in [9.17, 15) is 46.0 Å². The minimum Gasteiger partial charge on any atom is -0.394 e. The molecule has 3 saturated heterocycles. The van der Waals surface area contributed by atoms with Crippen LogP contribution in [0.3, 0.4) is 0 Å². The summed E-state index contributed by atoms with van der Waals surface area (Å²) in [6, 6.07) is -0.148. The van der Waals surface area contributed by atoms with E-state index < -0.39 is 99.2 Å². The number of hydrogen-bond acceptors (Lipinski definition) is 16. The van der Waals surface area contributed by atoms with Crippen molar-refractivity contribution in [3.05, 3.63) is 0 Å². The molecule has 10 N–H and O–H groups in total. The second kappa shape index (κ2) is 17.3. The van der Waals surface area contributed by atoms with Gasteiger partial charge in [0.25, 0.3) is 0 Å². The summed E-state index contributed by atoms with van der Waals surface area (Å²) in [5.74, 6) is 0. The minimum absolute atomic E-state index is 0.00258. The molecule has 43 heavy (non-hydrogen) atoms. The van der Waals surface area contributed by atoms with E-state index in [0.717, 1.165) is 0 Å². The Bertz CT molecular complexity index is 705. The topological polar surface area (TPSA) is 249 Å². The van der Waals surface area contributed by atoms with Crippen molar-refractivity contribution in [1.82, 2.24) is 5.32 Å². The fourth-order valence-electron chi connectivity index (χ4n) is 5.41. The zero-order valence-corrected chi connectivity index (χ0v) is 24.8. The largest absolute Gasteiger partial charge is 0.394 e. The predicted molar refractivity (Wildman–Crippen MR) is 145 cm³/mol. The zero-order valence-electron chi connectivity index (χ0n) is 24.8. The van der Waals surface area contributed by atoms with E-state index in [1.54, 1.807) is 0 Å². The molecule has 0 aromatic heterocycles. The zero-order chi connectivity index (χ0) is 31.7. The van der Waals surface area contributed by atoms with Crippen LogP contribution in [0.25, 0.3) is 0 Å². The van der Waals surface area contributed by atoms with Crippen LogP contribution < -0.4 is 5.32 Å². The van der Waals surface area contributed by atoms with Crippen LogP contribution in [0.4, 0.5) is 0 Å². The maximum absolute atomic E-state index is 10.6. The van der Waals surface area contributed by atoms with Gasteiger partial charge < -0.3 is 79.7 Å². The van der Waals surface area contributed by atoms with Crippen molar-refractivity contribution in [2.45, 2.75) is 131 Å². The molecule has 3 rings (SSSR count). The Morgan fingerprint density at radius 3 is 1.16 bits per heavy atom. The third kappa shape index (κ3) is 9.92. The van der Waals surface area contributed by atoms with Gasteiger partial charge in [0.2, 0.25) is 0 Å². The first-order chi connectivity index (χ1) is 20.5. The van der Waals surface area contributed by atoms with Gasteiger partial charge in [0.1, 0.15) is 18.3 Å². The van der Waals surface area contributed by atoms with Gasteiger partial charge >= 0.3 is 0 Å². The Balaban J connectivity index is 1.87. The van der Waals surface area contributed by atoms with Crippen molar-refractivity contribution < 1.29 is 74.4 Å². The molecule has 3 aliphatic rings. The van der Waals surface area contributed by atoms with Gasteiger partial charge in [-0.15, -0.1) is 0 Å². The van der Waals surface area contributed by atoms with E-state index in [0.29, 0.717) is 12.8 Å². The highest BCUT2D eigenvalue weighted by Crippen LogP contribution is 2.27. The molecule has 3 fully saturated rings. The molecule has 0 aromatic carbocycles. The Kier molecular flexibility index (Phi) is 14.8. The van der Waals surface area contributed by atoms with Gasteiger partial charge in [-0.05, 0) is 12.8 Å². The Labute approximate surface area is 251 Å². The van der Waals surface area contributed by atoms with Crippen LogP contribution in [0.5, 0.6) is 0 Å². The van der Waals surface area contributed by atoms with Gasteiger partial charge in [-0.2, -0.15) is 0 Å². The monoisotopic (exact) mass is 629 g/mol. The Morgan fingerprint density at radius 2 is 0.907 bits per heavy atom. The van der Waals surface area contributed by atoms with Gasteiger partial charge in [-0.3, -0.25) is 0 Å². The number of aliphatic hydroxyl groups excluding tert-OH is 9. The molecular weight excluding hydrogens is 578 g/mol. The average Bonchev–Trinajstić information content (AvgIpc) is 3.01. The summed E-state index contributed by atoms with van der Waals surface area (Å²) in [5, 5.41) is 94.7. The molecule has 0 amide bonds. The van der Waals surface area contributed by atoms with Gasteiger partial charge in [0.05, 0.1) is 81.8 Å². The van der Waals surface area contributed by atoms with Crippen molar-refractivity contribution in [2.75, 3.05) is 39.6 Å². The van der Waals surface area contributed by atoms with E-state index in [-0.39, 0.29) is 45.1 Å². The smallest absolute Gasteiger partial charge is 0.186 e. The lowest BCUT2D eigenvalue weighted by Gasteiger charge is -2.44. The number of rotatable bonds is 16. The molecule has 6 unspecified atom stereocenters. The van der Waals surface area contributed by atoms with Crippen LogP contribution in [0.1, 0.15) is 46.0 Å². The van der Waals surface area contributed by atoms with E-state index in [4.69, 9.17) is 28.4 Å². The number of nitrogens with one attached hydrogen (secondary N) is 1. The molecule has 0 aliphatic carbocycles. The molecule has 16 heteroatoms. The third-order valence-corrected chi connectivity index (χ3v) is 8.19. The fraction of sp³-hybridized carbons (Fsp3) is 1.00. The first-order valence-corrected chi connectivity index (χ1v) is 15.0. The van der Waals surface area contributed by atoms with E-state index in [2.05, 4.69) is 5.32 Å². The van der Waals surface area contributed by atoms with Crippen LogP contribution in [0.15, 0.2) is 0 Å². The van der Waals surface area contributed by atoms with Crippen molar-refractivity contribution in [3.8, 4) is 0 Å². The normalized spacial score (nSPS) is 40.5. The maximum Gasteiger partial charge on any atom is 0.186 e. The Hall–Kier alpha value is -0.640. The number of aliphatic hydroxyl groups is 9. The van der Waals surface area contributed by atoms with E-state index in [1.165, 1.54) is 0 Å². The SMILES string of the molecule is CCC(CC)NC(COC1OC(CO)C[C@H](O)[C@@H]1O)(COC1OC(CO)C[C@H](O)[C@@H]1O)COC1OC(CO)C[C@H](O)[C@@H]1O. The maximum atomic E-state index is 10.6. The molecule has 3 aliphatic heterocycles. The summed E-state index contributed by atoms with van der Waals surface area (Å²) in [6.07, 6.45) is -13.1. The van der Waals surface area contributed by atoms with Crippen LogP contribution in [-0.4, -0.2) is 171 Å². The molecule has 0 spiro atoms. The van der Waals surface area contributed by atoms with Gasteiger partial charge in [-0.25, -0.2) is 0 Å². The van der Waals surface area contributed by atoms with Gasteiger partial charge in [0.15, 0.2) is 18.9 Å². The lowest BCUT2D eigenvalue weighted by molar-refractivity contribution is -0.301. The number of hydrogen-bond donors (Lipinski definition) is 10. The molecule has 254 valence electrons. The van der Waals surface area contributed by atoms with Crippen LogP contribution in [0, 0.1) is 0 Å². The van der Waals surface area contributed by atoms with Crippen molar-refractivity contribution in [1.29, 1.82) is 0 Å². The van der Waals surface area contributed by atoms with Crippen LogP contribution >= 0.6 is 0 Å². The summed E-state index contributed by atoms with van der Waals surface area (Å²) in [6.45, 7) is 1.73. The van der Waals surface area contributed by atoms with Crippen molar-refractivity contribution in [2.24, 2.45) is 0 Å². The van der Waals surface area contributed by atoms with Gasteiger partial charge in [0, 0.05) is 25.3 Å². The first kappa shape index (κ1) is 36.8. The second-order valence-electron chi connectivity index (χ2n) is 11.7. The molecular formula is C27H51NO15. The third-order valence-electron chi connectivity index (χ3n) is 8.19. The van der Waals surface area contributed by atoms with Crippen molar-refractivity contribution >= 4 is 0 Å². The minimum atomic E-state index is -1.44. The van der Waals surface area contributed by atoms with Crippen LogP contribution in [0.2, 0.25) is 0 Å². The first-order valence-electron chi connectivity index (χ1n) is 15.0. The summed E-state index contributed by atoms with van der Waals surface area (Å²) < 4.78 is 34.8. The summed E-state index contributed by atoms with van der Waals surface area (Å²) in [7, 11) is 0. The molecule has 0 saturated carbocycles. The van der Waals surface area contributed by atoms with Crippen molar-refractivity contribution in [3.63, 3.8) is 0 Å². The summed E-state index contributed by atoms with van der Waals surface area (Å²) >= 11 is 0. The van der Waals surface area contributed by atoms with E-state index >= 15 is 0 Å². The standard InChI is InChI=1S/C27H51NO15/c1-3-14(4-2)28-27(11-38-24-21(35)18(32)5-15(8-29)41-24,12-39-25-22(36)19(33)6-16(9-30)42-25)13-40-26-23(37)20(34)7-17(10-31)43-26/h14-26,28-37H,3-13H2,1-2H3/t15?,16?,17?,18-,19-,20-,21-,22-,23-,24?,25?,26?,27?/m0/s1. The second-order valence-corrected chi connectivity index (χ2v) is 11.7. The lowest BCUT2D eigenvalue weighted by Crippen LogP contribution is -2.63. The van der Waals surface area contributed by atoms with E-state index in [1.807, 2.05) is 13.8 Å². The van der Waals surface area contributed by atoms with Crippen LogP contribution in [-0.2, 0) is 28.4 Å². The Morgan fingerprint density at radius 1 is 0.605 bits per heavy atom. The quantitative estimate of drug-likeness (QED) is 0.0782. The highest BCUT2D eigenvalue weighted by molar-refractivity contribution is 4.94. The predicted octanol–water partition coefficient (Wildman–Crippen LogP) is -3.96.